The van der Waals surface area contributed by atoms with E-state index in [1.54, 1.807) is 0 Å². The zero-order valence-corrected chi connectivity index (χ0v) is 13.8. The largest absolute Gasteiger partial charge is 0.371 e. The van der Waals surface area contributed by atoms with Crippen molar-refractivity contribution in [2.75, 3.05) is 13.1 Å². The van der Waals surface area contributed by atoms with Crippen molar-refractivity contribution in [1.29, 1.82) is 0 Å². The van der Waals surface area contributed by atoms with Crippen LogP contribution in [-0.4, -0.2) is 18.0 Å². The number of fused-ring (bicyclic) bond motifs is 2. The molecule has 0 atom stereocenters. The Labute approximate surface area is 141 Å². The van der Waals surface area contributed by atoms with Gasteiger partial charge in [-0.3, -0.25) is 0 Å². The lowest BCUT2D eigenvalue weighted by Crippen LogP contribution is -2.33. The van der Waals surface area contributed by atoms with E-state index < -0.39 is 0 Å². The van der Waals surface area contributed by atoms with Gasteiger partial charge in [0.05, 0.1) is 10.8 Å². The molecule has 1 aromatic heterocycles. The number of piperidine rings is 1. The Balaban J connectivity index is 1.71. The summed E-state index contributed by atoms with van der Waals surface area (Å²) in [5.41, 5.74) is 3.54. The molecule has 118 valence electrons. The second-order valence-corrected chi connectivity index (χ2v) is 6.62. The van der Waals surface area contributed by atoms with Crippen LogP contribution < -0.4 is 4.68 Å². The van der Waals surface area contributed by atoms with E-state index in [1.165, 1.54) is 38.0 Å². The highest BCUT2D eigenvalue weighted by molar-refractivity contribution is 6.31. The average molecular weight is 328 g/mol. The second kappa shape index (κ2) is 6.28. The average Bonchev–Trinajstić information content (AvgIpc) is 2.60. The number of hydrogen-bond donors (Lipinski definition) is 0. The highest BCUT2D eigenvalue weighted by Gasteiger charge is 2.26. The van der Waals surface area contributed by atoms with Crippen LogP contribution in [-0.2, 0) is 0 Å². The van der Waals surface area contributed by atoms with Gasteiger partial charge in [-0.05, 0) is 49.9 Å². The number of benzene rings is 1. The molecular weight excluding hydrogens is 308 g/mol. The highest BCUT2D eigenvalue weighted by Crippen LogP contribution is 2.30. The van der Waals surface area contributed by atoms with Crippen molar-refractivity contribution >= 4 is 22.5 Å². The van der Waals surface area contributed by atoms with Crippen LogP contribution in [0.25, 0.3) is 10.9 Å². The van der Waals surface area contributed by atoms with Crippen molar-refractivity contribution in [3.8, 4) is 0 Å². The zero-order chi connectivity index (χ0) is 15.6. The lowest BCUT2D eigenvalue weighted by molar-refractivity contribution is -0.660. The molecule has 0 aliphatic carbocycles. The highest BCUT2D eigenvalue weighted by atomic mass is 35.5. The molecule has 3 heterocycles. The first kappa shape index (κ1) is 14.6. The van der Waals surface area contributed by atoms with Gasteiger partial charge in [-0.1, -0.05) is 11.6 Å². The summed E-state index contributed by atoms with van der Waals surface area (Å²) in [4.78, 5) is 2.49. The minimum absolute atomic E-state index is 0.714. The summed E-state index contributed by atoms with van der Waals surface area (Å²) in [6.07, 6.45) is 7.83. The SMILES string of the molecule is Clc1ccc2ccc[n+](N=NC3=C4CCCCN4CCC3)c2c1. The Hall–Kier alpha value is -1.94. The molecule has 0 spiro atoms. The van der Waals surface area contributed by atoms with E-state index in [4.69, 9.17) is 11.6 Å². The van der Waals surface area contributed by atoms with Gasteiger partial charge in [0, 0.05) is 36.0 Å². The number of aromatic nitrogens is 1. The van der Waals surface area contributed by atoms with Crippen LogP contribution in [0.4, 0.5) is 0 Å². The standard InChI is InChI=1S/C18H20ClN4/c19-15-9-8-14-5-3-12-23(18(14)13-15)21-20-16-6-4-11-22-10-2-1-7-17(16)22/h3,5,8-9,12-13H,1-2,4,6-7,10-11H2/q+1. The number of nitrogens with zero attached hydrogens (tertiary/aromatic N) is 4. The van der Waals surface area contributed by atoms with Gasteiger partial charge in [0.1, 0.15) is 11.4 Å². The van der Waals surface area contributed by atoms with Crippen molar-refractivity contribution in [2.24, 2.45) is 10.3 Å². The summed E-state index contributed by atoms with van der Waals surface area (Å²) in [5, 5.41) is 10.9. The Kier molecular flexibility index (Phi) is 4.00. The Morgan fingerprint density at radius 1 is 1.04 bits per heavy atom. The number of rotatable bonds is 2. The molecule has 0 unspecified atom stereocenters. The number of pyridine rings is 1. The first-order valence-corrected chi connectivity index (χ1v) is 8.68. The molecule has 4 nitrogen and oxygen atoms in total. The smallest absolute Gasteiger partial charge is 0.199 e. The van der Waals surface area contributed by atoms with Crippen LogP contribution in [0.3, 0.4) is 0 Å². The Morgan fingerprint density at radius 2 is 1.96 bits per heavy atom. The third-order valence-corrected chi connectivity index (χ3v) is 4.89. The van der Waals surface area contributed by atoms with E-state index in [1.807, 2.05) is 35.1 Å². The van der Waals surface area contributed by atoms with Crippen LogP contribution in [0.15, 0.2) is 58.3 Å². The third-order valence-electron chi connectivity index (χ3n) is 4.65. The van der Waals surface area contributed by atoms with Gasteiger partial charge in [-0.15, -0.1) is 4.68 Å². The van der Waals surface area contributed by atoms with Gasteiger partial charge in [-0.25, -0.2) is 0 Å². The van der Waals surface area contributed by atoms with E-state index in [2.05, 4.69) is 21.3 Å². The number of hydrogen-bond acceptors (Lipinski definition) is 3. The maximum atomic E-state index is 6.13. The maximum Gasteiger partial charge on any atom is 0.199 e. The molecule has 1 fully saturated rings. The van der Waals surface area contributed by atoms with Crippen LogP contribution in [0, 0.1) is 0 Å². The van der Waals surface area contributed by atoms with E-state index in [0.717, 1.165) is 29.4 Å². The predicted octanol–water partition coefficient (Wildman–Crippen LogP) is 4.49. The van der Waals surface area contributed by atoms with Crippen molar-refractivity contribution in [1.82, 2.24) is 4.90 Å². The Morgan fingerprint density at radius 3 is 2.91 bits per heavy atom. The molecular formula is C18H20ClN4+. The fourth-order valence-corrected chi connectivity index (χ4v) is 3.66. The van der Waals surface area contributed by atoms with Crippen LogP contribution >= 0.6 is 11.6 Å². The zero-order valence-electron chi connectivity index (χ0n) is 13.1. The minimum atomic E-state index is 0.714. The molecule has 1 saturated heterocycles. The first-order chi connectivity index (χ1) is 11.3. The Bertz CT molecular complexity index is 797. The molecule has 4 rings (SSSR count). The van der Waals surface area contributed by atoms with E-state index >= 15 is 0 Å². The molecule has 0 saturated carbocycles. The number of allylic oxidation sites excluding steroid dienone is 2. The summed E-state index contributed by atoms with van der Waals surface area (Å²) >= 11 is 6.13. The molecule has 2 aliphatic rings. The summed E-state index contributed by atoms with van der Waals surface area (Å²) in [6, 6.07) is 9.89. The van der Waals surface area contributed by atoms with Gasteiger partial charge >= 0.3 is 0 Å². The van der Waals surface area contributed by atoms with Crippen molar-refractivity contribution in [2.45, 2.75) is 32.1 Å². The van der Waals surface area contributed by atoms with E-state index in [0.29, 0.717) is 5.02 Å². The van der Waals surface area contributed by atoms with Gasteiger partial charge in [0.2, 0.25) is 0 Å². The van der Waals surface area contributed by atoms with E-state index in [-0.39, 0.29) is 0 Å². The van der Waals surface area contributed by atoms with Gasteiger partial charge in [0.15, 0.2) is 11.2 Å². The molecule has 2 aliphatic heterocycles. The second-order valence-electron chi connectivity index (χ2n) is 6.19. The fourth-order valence-electron chi connectivity index (χ4n) is 3.50. The molecule has 2 aromatic rings. The van der Waals surface area contributed by atoms with Crippen molar-refractivity contribution < 1.29 is 4.68 Å². The van der Waals surface area contributed by atoms with Crippen molar-refractivity contribution in [3.63, 3.8) is 0 Å². The van der Waals surface area contributed by atoms with Crippen LogP contribution in [0.2, 0.25) is 5.02 Å². The molecule has 0 bridgehead atoms. The molecule has 0 N–H and O–H groups in total. The summed E-state index contributed by atoms with van der Waals surface area (Å²) < 4.78 is 1.82. The summed E-state index contributed by atoms with van der Waals surface area (Å²) in [6.45, 7) is 2.34. The molecule has 23 heavy (non-hydrogen) atoms. The quantitative estimate of drug-likeness (QED) is 0.591. The van der Waals surface area contributed by atoms with E-state index in [9.17, 15) is 0 Å². The lowest BCUT2D eigenvalue weighted by atomic mass is 9.99. The maximum absolute atomic E-state index is 6.13. The predicted molar refractivity (Wildman–Crippen MR) is 91.1 cm³/mol. The number of halogens is 1. The van der Waals surface area contributed by atoms with Crippen molar-refractivity contribution in [3.05, 3.63) is 52.9 Å². The fraction of sp³-hybridized carbons (Fsp3) is 0.389. The van der Waals surface area contributed by atoms with Gasteiger partial charge in [-0.2, -0.15) is 0 Å². The minimum Gasteiger partial charge on any atom is -0.371 e. The normalized spacial score (nSPS) is 18.7. The molecule has 1 aromatic carbocycles. The molecule has 5 heteroatoms. The van der Waals surface area contributed by atoms with Gasteiger partial charge < -0.3 is 4.90 Å². The summed E-state index contributed by atoms with van der Waals surface area (Å²) in [7, 11) is 0. The van der Waals surface area contributed by atoms with Crippen LogP contribution in [0.1, 0.15) is 32.1 Å². The monoisotopic (exact) mass is 327 g/mol. The third kappa shape index (κ3) is 2.95. The topological polar surface area (TPSA) is 31.8 Å². The van der Waals surface area contributed by atoms with Gasteiger partial charge in [0.25, 0.3) is 0 Å². The summed E-state index contributed by atoms with van der Waals surface area (Å²) in [5.74, 6) is 0. The molecule has 0 amide bonds. The lowest BCUT2D eigenvalue weighted by Gasteiger charge is -2.34. The first-order valence-electron chi connectivity index (χ1n) is 8.30. The molecule has 0 radical (unpaired) electrons. The van der Waals surface area contributed by atoms with Crippen LogP contribution in [0.5, 0.6) is 0 Å².